The van der Waals surface area contributed by atoms with Gasteiger partial charge in [-0.1, -0.05) is 42.5 Å². The van der Waals surface area contributed by atoms with Gasteiger partial charge in [0.25, 0.3) is 0 Å². The molecule has 0 radical (unpaired) electrons. The second-order valence-electron chi connectivity index (χ2n) is 7.73. The monoisotopic (exact) mass is 431 g/mol. The summed E-state index contributed by atoms with van der Waals surface area (Å²) in [6.45, 7) is 2.36. The number of ketones is 1. The van der Waals surface area contributed by atoms with Crippen LogP contribution in [0.5, 0.6) is 5.75 Å². The molecule has 0 N–H and O–H groups in total. The topological polar surface area (TPSA) is 65.0 Å². The number of ether oxygens (including phenoxy) is 1. The van der Waals surface area contributed by atoms with E-state index >= 15 is 0 Å². The van der Waals surface area contributed by atoms with Crippen molar-refractivity contribution in [3.05, 3.63) is 120 Å². The molecule has 0 spiro atoms. The molecule has 160 valence electrons. The molecule has 0 aliphatic rings. The summed E-state index contributed by atoms with van der Waals surface area (Å²) in [7, 11) is 0. The Morgan fingerprint density at radius 2 is 1.76 bits per heavy atom. The van der Waals surface area contributed by atoms with Gasteiger partial charge in [-0.15, -0.1) is 0 Å². The maximum absolute atomic E-state index is 13.4. The van der Waals surface area contributed by atoms with Gasteiger partial charge < -0.3 is 4.74 Å². The first-order chi connectivity index (χ1) is 16.2. The zero-order valence-corrected chi connectivity index (χ0v) is 18.1. The number of hydrogen-bond acceptors (Lipinski definition) is 5. The number of aromatic nitrogens is 3. The zero-order valence-electron chi connectivity index (χ0n) is 18.1. The van der Waals surface area contributed by atoms with E-state index in [1.54, 1.807) is 30.7 Å². The lowest BCUT2D eigenvalue weighted by Gasteiger charge is -2.13. The fourth-order valence-corrected chi connectivity index (χ4v) is 3.71. The van der Waals surface area contributed by atoms with E-state index in [2.05, 4.69) is 9.97 Å². The number of nitrogens with zero attached hydrogens (tertiary/aromatic N) is 3. The van der Waals surface area contributed by atoms with Crippen LogP contribution in [0, 0.1) is 6.92 Å². The lowest BCUT2D eigenvalue weighted by atomic mass is 9.98. The van der Waals surface area contributed by atoms with Crippen molar-refractivity contribution in [1.29, 1.82) is 0 Å². The molecule has 0 amide bonds. The van der Waals surface area contributed by atoms with Gasteiger partial charge in [0.2, 0.25) is 0 Å². The number of rotatable bonds is 6. The molecule has 0 bridgehead atoms. The molecule has 5 nitrogen and oxygen atoms in total. The minimum Gasteiger partial charge on any atom is -0.489 e. The third kappa shape index (κ3) is 4.34. The number of carbonyl (C=O) groups excluding carboxylic acids is 1. The molecule has 5 aromatic rings. The van der Waals surface area contributed by atoms with E-state index in [-0.39, 0.29) is 5.78 Å². The van der Waals surface area contributed by atoms with Gasteiger partial charge in [0.15, 0.2) is 5.78 Å². The molecule has 2 aromatic heterocycles. The van der Waals surface area contributed by atoms with Gasteiger partial charge in [0.1, 0.15) is 12.4 Å². The molecule has 0 aliphatic heterocycles. The van der Waals surface area contributed by atoms with Crippen molar-refractivity contribution in [1.82, 2.24) is 15.0 Å². The molecule has 0 unspecified atom stereocenters. The summed E-state index contributed by atoms with van der Waals surface area (Å²) in [4.78, 5) is 26.7. The molecule has 5 heteroatoms. The van der Waals surface area contributed by atoms with Crippen LogP contribution >= 0.6 is 0 Å². The van der Waals surface area contributed by atoms with Crippen molar-refractivity contribution >= 4 is 16.8 Å². The highest BCUT2D eigenvalue weighted by Gasteiger charge is 2.16. The Morgan fingerprint density at radius 3 is 2.58 bits per heavy atom. The predicted octanol–water partition coefficient (Wildman–Crippen LogP) is 5.81. The average Bonchev–Trinajstić information content (AvgIpc) is 2.88. The first-order valence-electron chi connectivity index (χ1n) is 10.7. The van der Waals surface area contributed by atoms with Crippen LogP contribution in [-0.2, 0) is 6.61 Å². The van der Waals surface area contributed by atoms with Gasteiger partial charge in [0.05, 0.1) is 22.9 Å². The normalized spacial score (nSPS) is 10.8. The van der Waals surface area contributed by atoms with Gasteiger partial charge in [-0.3, -0.25) is 14.8 Å². The summed E-state index contributed by atoms with van der Waals surface area (Å²) in [6, 6.07) is 24.7. The predicted molar refractivity (Wildman–Crippen MR) is 128 cm³/mol. The van der Waals surface area contributed by atoms with Gasteiger partial charge in [-0.25, -0.2) is 4.98 Å². The molecule has 0 atom stereocenters. The van der Waals surface area contributed by atoms with Gasteiger partial charge in [-0.2, -0.15) is 0 Å². The molecule has 0 aliphatic carbocycles. The first-order valence-corrected chi connectivity index (χ1v) is 10.7. The van der Waals surface area contributed by atoms with E-state index < -0.39 is 0 Å². The highest BCUT2D eigenvalue weighted by Crippen LogP contribution is 2.26. The quantitative estimate of drug-likeness (QED) is 0.318. The minimum absolute atomic E-state index is 0.0758. The third-order valence-corrected chi connectivity index (χ3v) is 5.53. The van der Waals surface area contributed by atoms with Crippen LogP contribution < -0.4 is 4.74 Å². The van der Waals surface area contributed by atoms with Crippen molar-refractivity contribution in [2.45, 2.75) is 13.5 Å². The van der Waals surface area contributed by atoms with E-state index in [9.17, 15) is 4.79 Å². The maximum Gasteiger partial charge on any atom is 0.193 e. The van der Waals surface area contributed by atoms with Crippen molar-refractivity contribution in [3.63, 3.8) is 0 Å². The summed E-state index contributed by atoms with van der Waals surface area (Å²) in [5, 5.41) is 0. The molecule has 0 saturated heterocycles. The molecule has 0 saturated carbocycles. The van der Waals surface area contributed by atoms with E-state index in [0.29, 0.717) is 34.7 Å². The fourth-order valence-electron chi connectivity index (χ4n) is 3.71. The summed E-state index contributed by atoms with van der Waals surface area (Å²) in [6.07, 6.45) is 5.18. The van der Waals surface area contributed by atoms with Gasteiger partial charge in [0, 0.05) is 34.6 Å². The van der Waals surface area contributed by atoms with Gasteiger partial charge >= 0.3 is 0 Å². The fraction of sp³-hybridized carbons (Fsp3) is 0.0714. The molecule has 33 heavy (non-hydrogen) atoms. The number of pyridine rings is 1. The number of benzene rings is 3. The van der Waals surface area contributed by atoms with Crippen LogP contribution in [0.2, 0.25) is 0 Å². The summed E-state index contributed by atoms with van der Waals surface area (Å²) in [5.74, 6) is 0.622. The third-order valence-electron chi connectivity index (χ3n) is 5.53. The Bertz CT molecular complexity index is 1430. The Labute approximate surface area is 191 Å². The summed E-state index contributed by atoms with van der Waals surface area (Å²) >= 11 is 0. The molecular formula is C28H21N3O2. The molecule has 5 rings (SSSR count). The lowest BCUT2D eigenvalue weighted by Crippen LogP contribution is -2.06. The van der Waals surface area contributed by atoms with Crippen LogP contribution in [0.15, 0.2) is 97.5 Å². The van der Waals surface area contributed by atoms with Crippen LogP contribution in [-0.4, -0.2) is 20.7 Å². The molecule has 3 aromatic carbocycles. The highest BCUT2D eigenvalue weighted by atomic mass is 16.5. The van der Waals surface area contributed by atoms with Crippen LogP contribution in [0.1, 0.15) is 27.0 Å². The molecule has 0 fully saturated rings. The number of hydrogen-bond donors (Lipinski definition) is 0. The smallest absolute Gasteiger partial charge is 0.193 e. The van der Waals surface area contributed by atoms with Crippen molar-refractivity contribution in [3.8, 4) is 17.0 Å². The zero-order chi connectivity index (χ0) is 22.6. The standard InChI is InChI=1S/C28H21N3O2/c1-19-23(10-5-11-27(19)33-18-20-7-3-2-4-8-20)28(32)21-12-13-24-25(15-21)31-26(17-30-24)22-9-6-14-29-16-22/h2-17H,18H2,1H3. The van der Waals surface area contributed by atoms with Gasteiger partial charge in [-0.05, 0) is 48.9 Å². The van der Waals surface area contributed by atoms with E-state index in [0.717, 1.165) is 22.2 Å². The Balaban J connectivity index is 1.44. The van der Waals surface area contributed by atoms with E-state index in [1.165, 1.54) is 0 Å². The number of fused-ring (bicyclic) bond motifs is 1. The molecule has 2 heterocycles. The lowest BCUT2D eigenvalue weighted by molar-refractivity contribution is 0.103. The van der Waals surface area contributed by atoms with E-state index in [4.69, 9.17) is 9.72 Å². The number of carbonyl (C=O) groups is 1. The maximum atomic E-state index is 13.4. The minimum atomic E-state index is -0.0758. The summed E-state index contributed by atoms with van der Waals surface area (Å²) in [5.41, 5.74) is 6.04. The molecular weight excluding hydrogens is 410 g/mol. The summed E-state index contributed by atoms with van der Waals surface area (Å²) < 4.78 is 6.00. The highest BCUT2D eigenvalue weighted by molar-refractivity contribution is 6.11. The average molecular weight is 431 g/mol. The second kappa shape index (κ2) is 9.01. The second-order valence-corrected chi connectivity index (χ2v) is 7.73. The largest absolute Gasteiger partial charge is 0.489 e. The van der Waals surface area contributed by atoms with Crippen LogP contribution in [0.25, 0.3) is 22.3 Å². The van der Waals surface area contributed by atoms with Crippen molar-refractivity contribution in [2.75, 3.05) is 0 Å². The first kappa shape index (κ1) is 20.5. The van der Waals surface area contributed by atoms with E-state index in [1.807, 2.05) is 73.7 Å². The van der Waals surface area contributed by atoms with Crippen LogP contribution in [0.4, 0.5) is 0 Å². The van der Waals surface area contributed by atoms with Crippen molar-refractivity contribution < 1.29 is 9.53 Å². The Hall–Kier alpha value is -4.38. The Morgan fingerprint density at radius 1 is 0.879 bits per heavy atom. The van der Waals surface area contributed by atoms with Crippen LogP contribution in [0.3, 0.4) is 0 Å². The van der Waals surface area contributed by atoms with Crippen molar-refractivity contribution in [2.24, 2.45) is 0 Å². The Kier molecular flexibility index (Phi) is 5.60. The SMILES string of the molecule is Cc1c(OCc2ccccc2)cccc1C(=O)c1ccc2ncc(-c3cccnc3)nc2c1.